The Morgan fingerprint density at radius 1 is 1.18 bits per heavy atom. The minimum absolute atomic E-state index is 0.278. The Morgan fingerprint density at radius 2 is 2.00 bits per heavy atom. The Labute approximate surface area is 149 Å². The molecule has 0 unspecified atom stereocenters. The fourth-order valence-electron chi connectivity index (χ4n) is 3.88. The van der Waals surface area contributed by atoms with Crippen LogP contribution in [0.25, 0.3) is 0 Å². The SMILES string of the molecule is Cc1cc(I)cc2c1N[C@H](c1ccccc1Cl)[C@@H]1CC=C[C@H]21. The summed E-state index contributed by atoms with van der Waals surface area (Å²) >= 11 is 8.89. The monoisotopic (exact) mass is 421 g/mol. The maximum Gasteiger partial charge on any atom is 0.0568 e. The highest BCUT2D eigenvalue weighted by atomic mass is 127. The summed E-state index contributed by atoms with van der Waals surface area (Å²) in [6.45, 7) is 2.19. The van der Waals surface area contributed by atoms with Crippen molar-refractivity contribution in [3.63, 3.8) is 0 Å². The highest BCUT2D eigenvalue weighted by molar-refractivity contribution is 14.1. The topological polar surface area (TPSA) is 12.0 Å². The van der Waals surface area contributed by atoms with Gasteiger partial charge in [-0.05, 0) is 76.7 Å². The molecule has 2 aliphatic rings. The van der Waals surface area contributed by atoms with Gasteiger partial charge in [-0.2, -0.15) is 0 Å². The van der Waals surface area contributed by atoms with E-state index in [1.165, 1.54) is 25.9 Å². The number of benzene rings is 2. The Balaban J connectivity index is 1.86. The van der Waals surface area contributed by atoms with E-state index in [0.717, 1.165) is 11.4 Å². The number of allylic oxidation sites excluding steroid dienone is 2. The van der Waals surface area contributed by atoms with E-state index in [4.69, 9.17) is 11.6 Å². The van der Waals surface area contributed by atoms with Crippen LogP contribution >= 0.6 is 34.2 Å². The summed E-state index contributed by atoms with van der Waals surface area (Å²) in [6, 6.07) is 13.1. The summed E-state index contributed by atoms with van der Waals surface area (Å²) in [4.78, 5) is 0. The summed E-state index contributed by atoms with van der Waals surface area (Å²) in [5, 5.41) is 4.65. The van der Waals surface area contributed by atoms with Crippen molar-refractivity contribution >= 4 is 39.9 Å². The quantitative estimate of drug-likeness (QED) is 0.435. The van der Waals surface area contributed by atoms with E-state index < -0.39 is 0 Å². The number of hydrogen-bond acceptors (Lipinski definition) is 1. The van der Waals surface area contributed by atoms with Crippen molar-refractivity contribution in [1.82, 2.24) is 0 Å². The molecule has 0 saturated heterocycles. The van der Waals surface area contributed by atoms with Gasteiger partial charge in [0.05, 0.1) is 6.04 Å². The van der Waals surface area contributed by atoms with Crippen LogP contribution in [-0.2, 0) is 0 Å². The molecule has 0 spiro atoms. The molecule has 0 radical (unpaired) electrons. The van der Waals surface area contributed by atoms with Gasteiger partial charge in [0.15, 0.2) is 0 Å². The fourth-order valence-corrected chi connectivity index (χ4v) is 4.93. The molecule has 2 aromatic rings. The molecule has 112 valence electrons. The number of hydrogen-bond donors (Lipinski definition) is 1. The van der Waals surface area contributed by atoms with Crippen molar-refractivity contribution in [2.24, 2.45) is 5.92 Å². The van der Waals surface area contributed by atoms with Crippen molar-refractivity contribution in [1.29, 1.82) is 0 Å². The lowest BCUT2D eigenvalue weighted by atomic mass is 9.76. The summed E-state index contributed by atoms with van der Waals surface area (Å²) in [7, 11) is 0. The normalized spacial score (nSPS) is 25.5. The summed E-state index contributed by atoms with van der Waals surface area (Å²) in [5.74, 6) is 1.04. The third-order valence-corrected chi connectivity index (χ3v) is 5.84. The zero-order valence-corrected chi connectivity index (χ0v) is 15.2. The maximum atomic E-state index is 6.48. The lowest BCUT2D eigenvalue weighted by Gasteiger charge is -2.38. The Morgan fingerprint density at radius 3 is 2.82 bits per heavy atom. The third kappa shape index (κ3) is 2.28. The first-order chi connectivity index (χ1) is 10.6. The van der Waals surface area contributed by atoms with Crippen molar-refractivity contribution in [3.05, 3.63) is 73.8 Å². The first-order valence-corrected chi connectivity index (χ1v) is 9.08. The number of rotatable bonds is 1. The molecular weight excluding hydrogens is 405 g/mol. The van der Waals surface area contributed by atoms with E-state index in [-0.39, 0.29) is 6.04 Å². The standard InChI is InChI=1S/C19H17ClIN/c1-11-9-12(21)10-16-13-6-4-7-14(13)19(22-18(11)16)15-5-2-3-8-17(15)20/h2-6,8-10,13-14,19,22H,7H2,1H3/t13-,14+,19-/m0/s1. The number of anilines is 1. The van der Waals surface area contributed by atoms with Crippen LogP contribution in [0.5, 0.6) is 0 Å². The second-order valence-electron chi connectivity index (χ2n) is 6.18. The second kappa shape index (κ2) is 5.57. The molecule has 0 saturated carbocycles. The largest absolute Gasteiger partial charge is 0.377 e. The van der Waals surface area contributed by atoms with E-state index in [1.807, 2.05) is 12.1 Å². The highest BCUT2D eigenvalue weighted by Gasteiger charge is 2.39. The Kier molecular flexibility index (Phi) is 3.69. The fraction of sp³-hybridized carbons (Fsp3) is 0.263. The number of halogens is 2. The van der Waals surface area contributed by atoms with E-state index >= 15 is 0 Å². The lowest BCUT2D eigenvalue weighted by Crippen LogP contribution is -2.29. The van der Waals surface area contributed by atoms with Gasteiger partial charge in [-0.3, -0.25) is 0 Å². The molecule has 0 fully saturated rings. The predicted octanol–water partition coefficient (Wildman–Crippen LogP) is 6.08. The van der Waals surface area contributed by atoms with Crippen LogP contribution in [-0.4, -0.2) is 0 Å². The first kappa shape index (κ1) is 14.6. The van der Waals surface area contributed by atoms with Crippen molar-refractivity contribution < 1.29 is 0 Å². The van der Waals surface area contributed by atoms with Crippen LogP contribution in [0.3, 0.4) is 0 Å². The molecule has 1 aliphatic heterocycles. The number of nitrogens with one attached hydrogen (secondary N) is 1. The van der Waals surface area contributed by atoms with Crippen LogP contribution in [0.4, 0.5) is 5.69 Å². The average Bonchev–Trinajstić information content (AvgIpc) is 2.97. The predicted molar refractivity (Wildman–Crippen MR) is 102 cm³/mol. The molecule has 0 bridgehead atoms. The molecule has 22 heavy (non-hydrogen) atoms. The van der Waals surface area contributed by atoms with Gasteiger partial charge in [0.2, 0.25) is 0 Å². The molecule has 0 aromatic heterocycles. The van der Waals surface area contributed by atoms with Crippen LogP contribution in [0, 0.1) is 16.4 Å². The van der Waals surface area contributed by atoms with Crippen LogP contribution in [0.15, 0.2) is 48.6 Å². The molecule has 3 heteroatoms. The van der Waals surface area contributed by atoms with Gasteiger partial charge in [0.1, 0.15) is 0 Å². The summed E-state index contributed by atoms with van der Waals surface area (Å²) in [5.41, 5.74) is 5.26. The molecule has 3 atom stereocenters. The Bertz CT molecular complexity index is 768. The molecule has 1 aliphatic carbocycles. The smallest absolute Gasteiger partial charge is 0.0568 e. The molecule has 1 nitrogen and oxygen atoms in total. The molecule has 0 amide bonds. The van der Waals surface area contributed by atoms with E-state index in [1.54, 1.807) is 0 Å². The Hall–Kier alpha value is -1.00. The van der Waals surface area contributed by atoms with Crippen LogP contribution in [0.1, 0.15) is 35.1 Å². The molecule has 2 aromatic carbocycles. The van der Waals surface area contributed by atoms with Crippen molar-refractivity contribution in [2.75, 3.05) is 5.32 Å². The van der Waals surface area contributed by atoms with Crippen LogP contribution < -0.4 is 5.32 Å². The van der Waals surface area contributed by atoms with Gasteiger partial charge in [-0.1, -0.05) is 42.0 Å². The zero-order valence-electron chi connectivity index (χ0n) is 12.3. The van der Waals surface area contributed by atoms with Gasteiger partial charge < -0.3 is 5.32 Å². The first-order valence-electron chi connectivity index (χ1n) is 7.63. The van der Waals surface area contributed by atoms with Crippen LogP contribution in [0.2, 0.25) is 5.02 Å². The molecule has 4 rings (SSSR count). The van der Waals surface area contributed by atoms with E-state index in [0.29, 0.717) is 11.8 Å². The molecule has 1 N–H and O–H groups in total. The second-order valence-corrected chi connectivity index (χ2v) is 7.84. The average molecular weight is 422 g/mol. The van der Waals surface area contributed by atoms with Gasteiger partial charge in [-0.25, -0.2) is 0 Å². The minimum atomic E-state index is 0.278. The summed E-state index contributed by atoms with van der Waals surface area (Å²) in [6.07, 6.45) is 5.81. The van der Waals surface area contributed by atoms with Gasteiger partial charge in [0.25, 0.3) is 0 Å². The zero-order chi connectivity index (χ0) is 15.3. The lowest BCUT2D eigenvalue weighted by molar-refractivity contribution is 0.425. The third-order valence-electron chi connectivity index (χ3n) is 4.87. The molecule has 1 heterocycles. The van der Waals surface area contributed by atoms with Gasteiger partial charge in [0, 0.05) is 20.2 Å². The van der Waals surface area contributed by atoms with E-state index in [2.05, 4.69) is 71.2 Å². The molecular formula is C19H17ClIN. The minimum Gasteiger partial charge on any atom is -0.377 e. The van der Waals surface area contributed by atoms with E-state index in [9.17, 15) is 0 Å². The van der Waals surface area contributed by atoms with Gasteiger partial charge in [-0.15, -0.1) is 0 Å². The maximum absolute atomic E-state index is 6.48. The number of fused-ring (bicyclic) bond motifs is 3. The van der Waals surface area contributed by atoms with Gasteiger partial charge >= 0.3 is 0 Å². The van der Waals surface area contributed by atoms with Crippen molar-refractivity contribution in [3.8, 4) is 0 Å². The number of aryl methyl sites for hydroxylation is 1. The van der Waals surface area contributed by atoms with Crippen molar-refractivity contribution in [2.45, 2.75) is 25.3 Å². The highest BCUT2D eigenvalue weighted by Crippen LogP contribution is 2.51. The summed E-state index contributed by atoms with van der Waals surface area (Å²) < 4.78 is 1.31.